The van der Waals surface area contributed by atoms with Gasteiger partial charge in [0.2, 0.25) is 11.8 Å². The van der Waals surface area contributed by atoms with Crippen LogP contribution in [0.25, 0.3) is 10.8 Å². The molecular formula is C20H24N4O2S. The largest absolute Gasteiger partial charge is 0.419 e. The van der Waals surface area contributed by atoms with Gasteiger partial charge in [0.1, 0.15) is 0 Å². The Bertz CT molecular complexity index is 869. The van der Waals surface area contributed by atoms with Gasteiger partial charge < -0.3 is 9.73 Å². The van der Waals surface area contributed by atoms with Gasteiger partial charge in [-0.25, -0.2) is 0 Å². The minimum Gasteiger partial charge on any atom is -0.419 e. The molecule has 0 unspecified atom stereocenters. The fraction of sp³-hybridized carbons (Fsp3) is 0.350. The molecule has 2 aromatic heterocycles. The Morgan fingerprint density at radius 2 is 2.00 bits per heavy atom. The van der Waals surface area contributed by atoms with Crippen LogP contribution in [-0.4, -0.2) is 34.1 Å². The van der Waals surface area contributed by atoms with Gasteiger partial charge in [-0.05, 0) is 61.5 Å². The number of aryl methyl sites for hydroxylation is 2. The van der Waals surface area contributed by atoms with E-state index in [1.807, 2.05) is 48.4 Å². The van der Waals surface area contributed by atoms with Gasteiger partial charge in [-0.2, -0.15) is 0 Å². The first kappa shape index (κ1) is 19.3. The number of nitrogens with one attached hydrogen (secondary N) is 1. The number of hydrogen-bond donors (Lipinski definition) is 1. The summed E-state index contributed by atoms with van der Waals surface area (Å²) in [6, 6.07) is 9.92. The summed E-state index contributed by atoms with van der Waals surface area (Å²) in [7, 11) is 0. The second-order valence-electron chi connectivity index (χ2n) is 6.61. The van der Waals surface area contributed by atoms with E-state index in [9.17, 15) is 4.79 Å². The molecule has 0 saturated carbocycles. The van der Waals surface area contributed by atoms with Crippen molar-refractivity contribution < 1.29 is 9.21 Å². The van der Waals surface area contributed by atoms with Crippen LogP contribution in [0.3, 0.4) is 0 Å². The van der Waals surface area contributed by atoms with E-state index in [4.69, 9.17) is 4.42 Å². The van der Waals surface area contributed by atoms with Crippen LogP contribution in [-0.2, 0) is 11.3 Å². The van der Waals surface area contributed by atoms with Crippen LogP contribution in [0.4, 0.5) is 5.69 Å². The molecule has 1 amide bonds. The van der Waals surface area contributed by atoms with Gasteiger partial charge in [0, 0.05) is 5.69 Å². The standard InChI is InChI=1S/C20H24N4O2S/c1-4-7-24(12-18(25)21-16-10-14(2)9-15(3)11-16)13-19-22-23-20(26-19)17-6-5-8-27-17/h5-6,8-11H,4,7,12-13H2,1-3H3,(H,21,25). The number of carbonyl (C=O) groups excluding carboxylic acids is 1. The summed E-state index contributed by atoms with van der Waals surface area (Å²) < 4.78 is 5.75. The number of thiophene rings is 1. The van der Waals surface area contributed by atoms with Gasteiger partial charge in [0.15, 0.2) is 0 Å². The van der Waals surface area contributed by atoms with Gasteiger partial charge in [-0.3, -0.25) is 9.69 Å². The molecule has 0 saturated heterocycles. The molecule has 0 bridgehead atoms. The third kappa shape index (κ3) is 5.48. The summed E-state index contributed by atoms with van der Waals surface area (Å²) >= 11 is 1.56. The van der Waals surface area contributed by atoms with Gasteiger partial charge in [-0.15, -0.1) is 21.5 Å². The maximum absolute atomic E-state index is 12.5. The smallest absolute Gasteiger partial charge is 0.257 e. The van der Waals surface area contributed by atoms with Crippen molar-refractivity contribution >= 4 is 22.9 Å². The highest BCUT2D eigenvalue weighted by Crippen LogP contribution is 2.23. The second kappa shape index (κ2) is 8.92. The van der Waals surface area contributed by atoms with Crippen LogP contribution >= 0.6 is 11.3 Å². The third-order valence-corrected chi connectivity index (χ3v) is 4.83. The zero-order chi connectivity index (χ0) is 19.2. The number of aromatic nitrogens is 2. The average molecular weight is 385 g/mol. The summed E-state index contributed by atoms with van der Waals surface area (Å²) in [6.07, 6.45) is 0.933. The molecule has 27 heavy (non-hydrogen) atoms. The zero-order valence-electron chi connectivity index (χ0n) is 15.9. The van der Waals surface area contributed by atoms with Gasteiger partial charge in [0.05, 0.1) is 18.0 Å². The third-order valence-electron chi connectivity index (χ3n) is 3.97. The average Bonchev–Trinajstić information content (AvgIpc) is 3.24. The lowest BCUT2D eigenvalue weighted by Crippen LogP contribution is -2.33. The summed E-state index contributed by atoms with van der Waals surface area (Å²) in [6.45, 7) is 7.63. The second-order valence-corrected chi connectivity index (χ2v) is 7.56. The van der Waals surface area contributed by atoms with Crippen LogP contribution in [0.15, 0.2) is 40.1 Å². The molecule has 3 rings (SSSR count). The Labute approximate surface area is 163 Å². The number of carbonyl (C=O) groups is 1. The highest BCUT2D eigenvalue weighted by atomic mass is 32.1. The van der Waals surface area contributed by atoms with E-state index in [-0.39, 0.29) is 12.5 Å². The van der Waals surface area contributed by atoms with Crippen molar-refractivity contribution in [2.75, 3.05) is 18.4 Å². The summed E-state index contributed by atoms with van der Waals surface area (Å²) in [5.74, 6) is 0.994. The maximum Gasteiger partial charge on any atom is 0.257 e. The molecule has 142 valence electrons. The lowest BCUT2D eigenvalue weighted by atomic mass is 10.1. The molecule has 6 nitrogen and oxygen atoms in total. The quantitative estimate of drug-likeness (QED) is 0.628. The van der Waals surface area contributed by atoms with Crippen LogP contribution in [0.1, 0.15) is 30.4 Å². The number of amides is 1. The van der Waals surface area contributed by atoms with Crippen molar-refractivity contribution in [2.45, 2.75) is 33.7 Å². The van der Waals surface area contributed by atoms with E-state index in [1.165, 1.54) is 0 Å². The van der Waals surface area contributed by atoms with Crippen LogP contribution in [0.2, 0.25) is 0 Å². The van der Waals surface area contributed by atoms with Gasteiger partial charge >= 0.3 is 0 Å². The van der Waals surface area contributed by atoms with Crippen molar-refractivity contribution in [1.82, 2.24) is 15.1 Å². The molecule has 0 fully saturated rings. The first-order chi connectivity index (χ1) is 13.0. The van der Waals surface area contributed by atoms with Crippen LogP contribution in [0.5, 0.6) is 0 Å². The Morgan fingerprint density at radius 3 is 2.67 bits per heavy atom. The number of hydrogen-bond acceptors (Lipinski definition) is 6. The normalized spacial score (nSPS) is 11.1. The molecule has 3 aromatic rings. The van der Waals surface area contributed by atoms with Gasteiger partial charge in [0.25, 0.3) is 5.89 Å². The molecule has 0 spiro atoms. The van der Waals surface area contributed by atoms with Crippen molar-refractivity contribution in [2.24, 2.45) is 0 Å². The molecule has 1 N–H and O–H groups in total. The fourth-order valence-corrected chi connectivity index (χ4v) is 3.63. The first-order valence-electron chi connectivity index (χ1n) is 9.00. The Morgan fingerprint density at radius 1 is 1.22 bits per heavy atom. The molecule has 0 radical (unpaired) electrons. The molecule has 7 heteroatoms. The van der Waals surface area contributed by atoms with E-state index in [2.05, 4.69) is 28.5 Å². The number of nitrogens with zero attached hydrogens (tertiary/aromatic N) is 3. The molecule has 0 aliphatic heterocycles. The predicted molar refractivity (Wildman–Crippen MR) is 108 cm³/mol. The van der Waals surface area contributed by atoms with E-state index in [0.29, 0.717) is 18.3 Å². The molecule has 1 aromatic carbocycles. The molecule has 0 aliphatic rings. The summed E-state index contributed by atoms with van der Waals surface area (Å²) in [4.78, 5) is 15.4. The molecule has 0 aliphatic carbocycles. The topological polar surface area (TPSA) is 71.3 Å². The lowest BCUT2D eigenvalue weighted by molar-refractivity contribution is -0.117. The fourth-order valence-electron chi connectivity index (χ4n) is 2.99. The predicted octanol–water partition coefficient (Wildman–Crippen LogP) is 4.27. The van der Waals surface area contributed by atoms with E-state index < -0.39 is 0 Å². The Kier molecular flexibility index (Phi) is 6.36. The van der Waals surface area contributed by atoms with Crippen molar-refractivity contribution in [3.8, 4) is 10.8 Å². The Hall–Kier alpha value is -2.51. The van der Waals surface area contributed by atoms with Crippen molar-refractivity contribution in [3.63, 3.8) is 0 Å². The molecular weight excluding hydrogens is 360 g/mol. The minimum absolute atomic E-state index is 0.0496. The van der Waals surface area contributed by atoms with E-state index >= 15 is 0 Å². The van der Waals surface area contributed by atoms with Crippen LogP contribution < -0.4 is 5.32 Å². The first-order valence-corrected chi connectivity index (χ1v) is 9.88. The number of benzene rings is 1. The van der Waals surface area contributed by atoms with E-state index in [1.54, 1.807) is 11.3 Å². The summed E-state index contributed by atoms with van der Waals surface area (Å²) in [5.41, 5.74) is 3.08. The van der Waals surface area contributed by atoms with E-state index in [0.717, 1.165) is 34.7 Å². The molecule has 2 heterocycles. The van der Waals surface area contributed by atoms with Crippen molar-refractivity contribution in [3.05, 3.63) is 52.7 Å². The molecule has 0 atom stereocenters. The Balaban J connectivity index is 1.62. The minimum atomic E-state index is -0.0496. The van der Waals surface area contributed by atoms with Crippen LogP contribution in [0, 0.1) is 13.8 Å². The lowest BCUT2D eigenvalue weighted by Gasteiger charge is -2.19. The van der Waals surface area contributed by atoms with Gasteiger partial charge in [-0.1, -0.05) is 19.1 Å². The highest BCUT2D eigenvalue weighted by molar-refractivity contribution is 7.13. The maximum atomic E-state index is 12.5. The highest BCUT2D eigenvalue weighted by Gasteiger charge is 2.16. The monoisotopic (exact) mass is 384 g/mol. The SMILES string of the molecule is CCCN(CC(=O)Nc1cc(C)cc(C)c1)Cc1nnc(-c2cccs2)o1. The summed E-state index contributed by atoms with van der Waals surface area (Å²) in [5, 5.41) is 13.2. The van der Waals surface area contributed by atoms with Crippen molar-refractivity contribution in [1.29, 1.82) is 0 Å². The zero-order valence-corrected chi connectivity index (χ0v) is 16.7. The number of anilines is 1. The number of rotatable bonds is 8.